The molecule has 1 heterocycles. The molecule has 18 heavy (non-hydrogen) atoms. The number of pyridine rings is 1. The second-order valence-electron chi connectivity index (χ2n) is 5.24. The van der Waals surface area contributed by atoms with E-state index in [0.717, 1.165) is 18.9 Å². The Morgan fingerprint density at radius 1 is 1.22 bits per heavy atom. The second kappa shape index (κ2) is 9.09. The van der Waals surface area contributed by atoms with Crippen LogP contribution in [-0.2, 0) is 6.42 Å². The molecule has 2 unspecified atom stereocenters. The lowest BCUT2D eigenvalue weighted by molar-refractivity contribution is 0.371. The molecule has 0 radical (unpaired) electrons. The maximum absolute atomic E-state index is 4.40. The van der Waals surface area contributed by atoms with E-state index in [1.165, 1.54) is 31.4 Å². The van der Waals surface area contributed by atoms with Gasteiger partial charge in [-0.1, -0.05) is 39.7 Å². The van der Waals surface area contributed by atoms with Gasteiger partial charge in [0.25, 0.3) is 0 Å². The molecule has 1 rings (SSSR count). The zero-order valence-corrected chi connectivity index (χ0v) is 12.2. The van der Waals surface area contributed by atoms with Gasteiger partial charge in [-0.2, -0.15) is 0 Å². The smallest absolute Gasteiger partial charge is 0.0404 e. The van der Waals surface area contributed by atoms with Crippen LogP contribution in [0, 0.1) is 5.92 Å². The van der Waals surface area contributed by atoms with Crippen LogP contribution in [0.25, 0.3) is 0 Å². The molecule has 0 aliphatic carbocycles. The molecule has 2 nitrogen and oxygen atoms in total. The van der Waals surface area contributed by atoms with E-state index in [2.05, 4.69) is 43.2 Å². The standard InChI is InChI=1S/C16H28N2/c1-4-8-14(3)13-16(17-5-2)11-10-15-9-6-7-12-18-15/h6-7,9,12,14,16-17H,4-5,8,10-11,13H2,1-3H3. The summed E-state index contributed by atoms with van der Waals surface area (Å²) in [6.07, 6.45) is 8.08. The van der Waals surface area contributed by atoms with E-state index >= 15 is 0 Å². The molecular formula is C16H28N2. The van der Waals surface area contributed by atoms with Crippen molar-refractivity contribution in [3.8, 4) is 0 Å². The number of aromatic nitrogens is 1. The Balaban J connectivity index is 2.37. The first-order chi connectivity index (χ1) is 8.76. The van der Waals surface area contributed by atoms with E-state index in [1.54, 1.807) is 0 Å². The van der Waals surface area contributed by atoms with Crippen molar-refractivity contribution < 1.29 is 0 Å². The van der Waals surface area contributed by atoms with Crippen LogP contribution in [-0.4, -0.2) is 17.6 Å². The molecule has 1 aromatic rings. The van der Waals surface area contributed by atoms with Gasteiger partial charge in [-0.05, 0) is 43.9 Å². The summed E-state index contributed by atoms with van der Waals surface area (Å²) in [5.41, 5.74) is 1.21. The predicted molar refractivity (Wildman–Crippen MR) is 78.7 cm³/mol. The van der Waals surface area contributed by atoms with E-state index in [0.29, 0.717) is 6.04 Å². The molecule has 2 atom stereocenters. The Bertz CT molecular complexity index is 297. The average molecular weight is 248 g/mol. The van der Waals surface area contributed by atoms with Gasteiger partial charge in [0.05, 0.1) is 0 Å². The second-order valence-corrected chi connectivity index (χ2v) is 5.24. The minimum Gasteiger partial charge on any atom is -0.314 e. The average Bonchev–Trinajstić information content (AvgIpc) is 2.38. The molecule has 0 fully saturated rings. The molecule has 0 saturated heterocycles. The molecule has 0 aliphatic rings. The van der Waals surface area contributed by atoms with Crippen LogP contribution in [0.15, 0.2) is 24.4 Å². The van der Waals surface area contributed by atoms with Crippen molar-refractivity contribution in [3.05, 3.63) is 30.1 Å². The summed E-state index contributed by atoms with van der Waals surface area (Å²) < 4.78 is 0. The number of rotatable bonds is 9. The van der Waals surface area contributed by atoms with Gasteiger partial charge in [0, 0.05) is 17.9 Å². The fraction of sp³-hybridized carbons (Fsp3) is 0.688. The first kappa shape index (κ1) is 15.2. The Kier molecular flexibility index (Phi) is 7.66. The Labute approximate surface area is 112 Å². The van der Waals surface area contributed by atoms with Crippen molar-refractivity contribution >= 4 is 0 Å². The van der Waals surface area contributed by atoms with Crippen LogP contribution in [0.4, 0.5) is 0 Å². The highest BCUT2D eigenvalue weighted by Crippen LogP contribution is 2.15. The molecule has 0 amide bonds. The van der Waals surface area contributed by atoms with Crippen molar-refractivity contribution in [1.29, 1.82) is 0 Å². The van der Waals surface area contributed by atoms with Crippen LogP contribution in [0.5, 0.6) is 0 Å². The monoisotopic (exact) mass is 248 g/mol. The summed E-state index contributed by atoms with van der Waals surface area (Å²) in [6, 6.07) is 6.82. The minimum atomic E-state index is 0.638. The van der Waals surface area contributed by atoms with Gasteiger partial charge in [-0.3, -0.25) is 4.98 Å². The van der Waals surface area contributed by atoms with Crippen LogP contribution in [0.1, 0.15) is 52.1 Å². The van der Waals surface area contributed by atoms with Crippen molar-refractivity contribution in [3.63, 3.8) is 0 Å². The van der Waals surface area contributed by atoms with Gasteiger partial charge in [0.1, 0.15) is 0 Å². The molecule has 0 aliphatic heterocycles. The number of hydrogen-bond acceptors (Lipinski definition) is 2. The maximum atomic E-state index is 4.40. The fourth-order valence-corrected chi connectivity index (χ4v) is 2.56. The summed E-state index contributed by atoms with van der Waals surface area (Å²) in [4.78, 5) is 4.40. The van der Waals surface area contributed by atoms with Crippen molar-refractivity contribution in [2.24, 2.45) is 5.92 Å². The summed E-state index contributed by atoms with van der Waals surface area (Å²) in [5.74, 6) is 0.822. The van der Waals surface area contributed by atoms with Gasteiger partial charge in [-0.25, -0.2) is 0 Å². The van der Waals surface area contributed by atoms with E-state index in [-0.39, 0.29) is 0 Å². The molecule has 2 heteroatoms. The third-order valence-electron chi connectivity index (χ3n) is 3.44. The molecule has 0 bridgehead atoms. The third-order valence-corrected chi connectivity index (χ3v) is 3.44. The zero-order valence-electron chi connectivity index (χ0n) is 12.2. The molecular weight excluding hydrogens is 220 g/mol. The zero-order chi connectivity index (χ0) is 13.2. The number of hydrogen-bond donors (Lipinski definition) is 1. The van der Waals surface area contributed by atoms with E-state index < -0.39 is 0 Å². The normalized spacial score (nSPS) is 14.4. The number of nitrogens with one attached hydrogen (secondary N) is 1. The molecule has 102 valence electrons. The van der Waals surface area contributed by atoms with Crippen LogP contribution in [0.3, 0.4) is 0 Å². The van der Waals surface area contributed by atoms with Crippen molar-refractivity contribution in [2.45, 2.75) is 58.9 Å². The summed E-state index contributed by atoms with van der Waals surface area (Å²) >= 11 is 0. The summed E-state index contributed by atoms with van der Waals surface area (Å²) in [5, 5.41) is 3.61. The fourth-order valence-electron chi connectivity index (χ4n) is 2.56. The van der Waals surface area contributed by atoms with Gasteiger partial charge in [0.2, 0.25) is 0 Å². The highest BCUT2D eigenvalue weighted by atomic mass is 14.9. The molecule has 0 aromatic carbocycles. The summed E-state index contributed by atoms with van der Waals surface area (Å²) in [6.45, 7) is 7.89. The number of nitrogens with zero attached hydrogens (tertiary/aromatic N) is 1. The topological polar surface area (TPSA) is 24.9 Å². The highest BCUT2D eigenvalue weighted by molar-refractivity contribution is 5.03. The van der Waals surface area contributed by atoms with Crippen LogP contribution >= 0.6 is 0 Å². The van der Waals surface area contributed by atoms with Crippen LogP contribution < -0.4 is 5.32 Å². The first-order valence-corrected chi connectivity index (χ1v) is 7.39. The molecule has 1 N–H and O–H groups in total. The van der Waals surface area contributed by atoms with Crippen molar-refractivity contribution in [1.82, 2.24) is 10.3 Å². The quantitative estimate of drug-likeness (QED) is 0.718. The van der Waals surface area contributed by atoms with Gasteiger partial charge >= 0.3 is 0 Å². The minimum absolute atomic E-state index is 0.638. The maximum Gasteiger partial charge on any atom is 0.0404 e. The Hall–Kier alpha value is -0.890. The predicted octanol–water partition coefficient (Wildman–Crippen LogP) is 3.82. The Morgan fingerprint density at radius 3 is 2.67 bits per heavy atom. The number of aryl methyl sites for hydroxylation is 1. The largest absolute Gasteiger partial charge is 0.314 e. The molecule has 1 aromatic heterocycles. The molecule has 0 spiro atoms. The lowest BCUT2D eigenvalue weighted by Crippen LogP contribution is -2.31. The van der Waals surface area contributed by atoms with Crippen LogP contribution in [0.2, 0.25) is 0 Å². The Morgan fingerprint density at radius 2 is 2.06 bits per heavy atom. The third kappa shape index (κ3) is 6.15. The molecule has 0 saturated carbocycles. The van der Waals surface area contributed by atoms with Gasteiger partial charge in [0.15, 0.2) is 0 Å². The van der Waals surface area contributed by atoms with E-state index in [1.807, 2.05) is 12.3 Å². The lowest BCUT2D eigenvalue weighted by atomic mass is 9.94. The van der Waals surface area contributed by atoms with Crippen molar-refractivity contribution in [2.75, 3.05) is 6.54 Å². The van der Waals surface area contributed by atoms with Gasteiger partial charge < -0.3 is 5.32 Å². The van der Waals surface area contributed by atoms with E-state index in [4.69, 9.17) is 0 Å². The van der Waals surface area contributed by atoms with Gasteiger partial charge in [-0.15, -0.1) is 0 Å². The summed E-state index contributed by atoms with van der Waals surface area (Å²) in [7, 11) is 0. The lowest BCUT2D eigenvalue weighted by Gasteiger charge is -2.21. The van der Waals surface area contributed by atoms with E-state index in [9.17, 15) is 0 Å². The highest BCUT2D eigenvalue weighted by Gasteiger charge is 2.12. The first-order valence-electron chi connectivity index (χ1n) is 7.39. The SMILES string of the molecule is CCCC(C)CC(CCc1ccccn1)NCC.